The SMILES string of the molecule is Cc1ccc(NC(=O)c2ccc3c(c2)CCCN3S(=O)(=O)c2ccc(Cl)cc2)c(C)c1. The van der Waals surface area contributed by atoms with Gasteiger partial charge in [0.2, 0.25) is 0 Å². The van der Waals surface area contributed by atoms with Crippen molar-refractivity contribution in [1.82, 2.24) is 0 Å². The third kappa shape index (κ3) is 4.31. The number of nitrogens with zero attached hydrogens (tertiary/aromatic N) is 1. The van der Waals surface area contributed by atoms with E-state index in [2.05, 4.69) is 5.32 Å². The topological polar surface area (TPSA) is 66.5 Å². The standard InChI is InChI=1S/C24H23ClN2O3S/c1-16-5-11-22(17(2)14-16)26-24(28)19-6-12-23-18(15-19)4-3-13-27(23)31(29,30)21-9-7-20(25)8-10-21/h5-12,14-15H,3-4,13H2,1-2H3,(H,26,28). The summed E-state index contributed by atoms with van der Waals surface area (Å²) in [7, 11) is -3.71. The third-order valence-corrected chi connectivity index (χ3v) is 7.53. The highest BCUT2D eigenvalue weighted by Crippen LogP contribution is 2.33. The van der Waals surface area contributed by atoms with Crippen molar-refractivity contribution in [3.8, 4) is 0 Å². The van der Waals surface area contributed by atoms with Crippen LogP contribution in [0.5, 0.6) is 0 Å². The molecule has 4 rings (SSSR count). The second-order valence-corrected chi connectivity index (χ2v) is 10.0. The summed E-state index contributed by atoms with van der Waals surface area (Å²) in [6, 6.07) is 17.2. The molecule has 1 aliphatic rings. The van der Waals surface area contributed by atoms with E-state index >= 15 is 0 Å². The van der Waals surface area contributed by atoms with Crippen LogP contribution in [0.1, 0.15) is 33.5 Å². The number of halogens is 1. The van der Waals surface area contributed by atoms with Gasteiger partial charge in [-0.3, -0.25) is 9.10 Å². The predicted octanol–water partition coefficient (Wildman–Crippen LogP) is 5.35. The summed E-state index contributed by atoms with van der Waals surface area (Å²) in [6.45, 7) is 4.35. The number of benzene rings is 3. The van der Waals surface area contributed by atoms with Gasteiger partial charge >= 0.3 is 0 Å². The average molecular weight is 455 g/mol. The lowest BCUT2D eigenvalue weighted by atomic mass is 10.0. The molecule has 0 spiro atoms. The molecule has 0 radical (unpaired) electrons. The van der Waals surface area contributed by atoms with Crippen LogP contribution in [0, 0.1) is 13.8 Å². The molecule has 1 heterocycles. The van der Waals surface area contributed by atoms with Gasteiger partial charge in [-0.05, 0) is 86.3 Å². The van der Waals surface area contributed by atoms with Crippen LogP contribution in [0.25, 0.3) is 0 Å². The van der Waals surface area contributed by atoms with Crippen LogP contribution in [0.2, 0.25) is 5.02 Å². The molecule has 0 bridgehead atoms. The van der Waals surface area contributed by atoms with Crippen molar-refractivity contribution in [2.75, 3.05) is 16.2 Å². The van der Waals surface area contributed by atoms with Crippen molar-refractivity contribution in [3.63, 3.8) is 0 Å². The molecule has 0 atom stereocenters. The highest BCUT2D eigenvalue weighted by molar-refractivity contribution is 7.92. The van der Waals surface area contributed by atoms with E-state index < -0.39 is 10.0 Å². The summed E-state index contributed by atoms with van der Waals surface area (Å²) in [5.74, 6) is -0.215. The van der Waals surface area contributed by atoms with Crippen molar-refractivity contribution >= 4 is 38.9 Å². The van der Waals surface area contributed by atoms with E-state index in [-0.39, 0.29) is 10.8 Å². The number of fused-ring (bicyclic) bond motifs is 1. The first-order chi connectivity index (χ1) is 14.8. The van der Waals surface area contributed by atoms with E-state index in [0.717, 1.165) is 22.4 Å². The Labute approximate surface area is 187 Å². The summed E-state index contributed by atoms with van der Waals surface area (Å²) in [4.78, 5) is 13.0. The number of nitrogens with one attached hydrogen (secondary N) is 1. The second-order valence-electron chi connectivity index (χ2n) is 7.75. The van der Waals surface area contributed by atoms with Crippen LogP contribution >= 0.6 is 11.6 Å². The van der Waals surface area contributed by atoms with Crippen LogP contribution in [-0.4, -0.2) is 20.9 Å². The Bertz CT molecular complexity index is 1250. The van der Waals surface area contributed by atoms with Crippen LogP contribution < -0.4 is 9.62 Å². The first-order valence-electron chi connectivity index (χ1n) is 10.1. The number of hydrogen-bond donors (Lipinski definition) is 1. The third-order valence-electron chi connectivity index (χ3n) is 5.45. The Morgan fingerprint density at radius 1 is 1.00 bits per heavy atom. The lowest BCUT2D eigenvalue weighted by Gasteiger charge is -2.30. The fourth-order valence-corrected chi connectivity index (χ4v) is 5.50. The van der Waals surface area contributed by atoms with E-state index in [4.69, 9.17) is 11.6 Å². The van der Waals surface area contributed by atoms with Gasteiger partial charge in [0.1, 0.15) is 0 Å². The minimum absolute atomic E-state index is 0.196. The number of carbonyl (C=O) groups excluding carboxylic acids is 1. The quantitative estimate of drug-likeness (QED) is 0.577. The molecule has 1 aliphatic heterocycles. The van der Waals surface area contributed by atoms with Crippen LogP contribution in [-0.2, 0) is 16.4 Å². The minimum Gasteiger partial charge on any atom is -0.322 e. The van der Waals surface area contributed by atoms with Gasteiger partial charge in [0.05, 0.1) is 10.6 Å². The zero-order chi connectivity index (χ0) is 22.2. The molecule has 3 aromatic carbocycles. The molecule has 0 aromatic heterocycles. The van der Waals surface area contributed by atoms with E-state index in [1.807, 2.05) is 32.0 Å². The van der Waals surface area contributed by atoms with Gasteiger partial charge in [0.15, 0.2) is 0 Å². The monoisotopic (exact) mass is 454 g/mol. The fourth-order valence-electron chi connectivity index (χ4n) is 3.84. The first-order valence-corrected chi connectivity index (χ1v) is 11.9. The largest absolute Gasteiger partial charge is 0.322 e. The molecule has 0 saturated heterocycles. The average Bonchev–Trinajstić information content (AvgIpc) is 2.75. The van der Waals surface area contributed by atoms with Gasteiger partial charge in [-0.1, -0.05) is 29.3 Å². The molecular formula is C24H23ClN2O3S. The van der Waals surface area contributed by atoms with Crippen molar-refractivity contribution in [1.29, 1.82) is 0 Å². The Morgan fingerprint density at radius 2 is 1.74 bits per heavy atom. The van der Waals surface area contributed by atoms with E-state index in [1.54, 1.807) is 30.3 Å². The molecule has 1 N–H and O–H groups in total. The fraction of sp³-hybridized carbons (Fsp3) is 0.208. The number of sulfonamides is 1. The second kappa shape index (κ2) is 8.36. The van der Waals surface area contributed by atoms with Crippen LogP contribution in [0.3, 0.4) is 0 Å². The molecule has 1 amide bonds. The van der Waals surface area contributed by atoms with Gasteiger partial charge < -0.3 is 5.32 Å². The van der Waals surface area contributed by atoms with Crippen LogP contribution in [0.15, 0.2) is 65.6 Å². The molecule has 5 nitrogen and oxygen atoms in total. The summed E-state index contributed by atoms with van der Waals surface area (Å²) in [5.41, 5.74) is 4.85. The molecule has 0 saturated carbocycles. The Kier molecular flexibility index (Phi) is 5.77. The minimum atomic E-state index is -3.71. The number of anilines is 2. The van der Waals surface area contributed by atoms with Crippen LogP contribution in [0.4, 0.5) is 11.4 Å². The normalized spacial score (nSPS) is 13.6. The lowest BCUT2D eigenvalue weighted by Crippen LogP contribution is -2.35. The van der Waals surface area contributed by atoms with Crippen molar-refractivity contribution in [3.05, 3.63) is 87.9 Å². The van der Waals surface area contributed by atoms with Gasteiger partial charge in [0, 0.05) is 22.8 Å². The molecule has 31 heavy (non-hydrogen) atoms. The van der Waals surface area contributed by atoms with Gasteiger partial charge in [-0.15, -0.1) is 0 Å². The number of hydrogen-bond acceptors (Lipinski definition) is 3. The van der Waals surface area contributed by atoms with E-state index in [9.17, 15) is 13.2 Å². The first kappa shape index (κ1) is 21.4. The van der Waals surface area contributed by atoms with Gasteiger partial charge in [-0.2, -0.15) is 0 Å². The maximum Gasteiger partial charge on any atom is 0.264 e. The van der Waals surface area contributed by atoms with E-state index in [0.29, 0.717) is 35.7 Å². The summed E-state index contributed by atoms with van der Waals surface area (Å²) >= 11 is 5.90. The highest BCUT2D eigenvalue weighted by atomic mass is 35.5. The van der Waals surface area contributed by atoms with Crippen molar-refractivity contribution < 1.29 is 13.2 Å². The molecule has 7 heteroatoms. The Balaban J connectivity index is 1.62. The molecule has 3 aromatic rings. The summed E-state index contributed by atoms with van der Waals surface area (Å²) in [6.07, 6.45) is 1.40. The molecule has 0 unspecified atom stereocenters. The van der Waals surface area contributed by atoms with Gasteiger partial charge in [0.25, 0.3) is 15.9 Å². The number of carbonyl (C=O) groups is 1. The zero-order valence-corrected chi connectivity index (χ0v) is 18.9. The lowest BCUT2D eigenvalue weighted by molar-refractivity contribution is 0.102. The predicted molar refractivity (Wildman–Crippen MR) is 125 cm³/mol. The highest BCUT2D eigenvalue weighted by Gasteiger charge is 2.29. The zero-order valence-electron chi connectivity index (χ0n) is 17.4. The summed E-state index contributed by atoms with van der Waals surface area (Å²) in [5, 5.41) is 3.43. The number of aryl methyl sites for hydroxylation is 3. The summed E-state index contributed by atoms with van der Waals surface area (Å²) < 4.78 is 27.8. The molecular weight excluding hydrogens is 432 g/mol. The van der Waals surface area contributed by atoms with Crippen molar-refractivity contribution in [2.24, 2.45) is 0 Å². The molecule has 0 aliphatic carbocycles. The van der Waals surface area contributed by atoms with Crippen molar-refractivity contribution in [2.45, 2.75) is 31.6 Å². The molecule has 160 valence electrons. The Hall–Kier alpha value is -2.83. The smallest absolute Gasteiger partial charge is 0.264 e. The number of amides is 1. The Morgan fingerprint density at radius 3 is 2.45 bits per heavy atom. The van der Waals surface area contributed by atoms with E-state index in [1.165, 1.54) is 16.4 Å². The maximum absolute atomic E-state index is 13.2. The number of rotatable bonds is 4. The molecule has 0 fully saturated rings. The maximum atomic E-state index is 13.2. The van der Waals surface area contributed by atoms with Gasteiger partial charge in [-0.25, -0.2) is 8.42 Å².